The van der Waals surface area contributed by atoms with Crippen LogP contribution in [-0.2, 0) is 17.9 Å². The van der Waals surface area contributed by atoms with Gasteiger partial charge < -0.3 is 9.47 Å². The van der Waals surface area contributed by atoms with Crippen LogP contribution in [0.3, 0.4) is 0 Å². The van der Waals surface area contributed by atoms with Crippen molar-refractivity contribution in [1.29, 1.82) is 0 Å². The molecule has 1 saturated heterocycles. The second kappa shape index (κ2) is 5.86. The van der Waals surface area contributed by atoms with Crippen LogP contribution < -0.4 is 5.56 Å². The first-order chi connectivity index (χ1) is 11.9. The summed E-state index contributed by atoms with van der Waals surface area (Å²) in [5.74, 6) is 0.733. The minimum atomic E-state index is 0.0742. The fraction of sp³-hybridized carbons (Fsp3) is 0.526. The molecule has 0 radical (unpaired) electrons. The monoisotopic (exact) mass is 340 g/mol. The molecule has 0 aromatic carbocycles. The lowest BCUT2D eigenvalue weighted by molar-refractivity contribution is -0.134. The SMILES string of the molecule is Cc1nn(CC(=O)N2C[C@@H]3C[C@H](C2)c2cccc(=O)n2C3)c(C)c1C. The molecule has 4 rings (SSSR count). The number of carbonyl (C=O) groups is 1. The lowest BCUT2D eigenvalue weighted by Gasteiger charge is -2.42. The van der Waals surface area contributed by atoms with Crippen molar-refractivity contribution in [2.24, 2.45) is 5.92 Å². The van der Waals surface area contributed by atoms with Gasteiger partial charge in [-0.2, -0.15) is 5.10 Å². The second-order valence-corrected chi connectivity index (χ2v) is 7.45. The van der Waals surface area contributed by atoms with Gasteiger partial charge in [-0.3, -0.25) is 14.3 Å². The topological polar surface area (TPSA) is 60.1 Å². The largest absolute Gasteiger partial charge is 0.340 e. The van der Waals surface area contributed by atoms with E-state index in [1.165, 1.54) is 0 Å². The molecule has 0 unspecified atom stereocenters. The molecule has 4 heterocycles. The molecular weight excluding hydrogens is 316 g/mol. The van der Waals surface area contributed by atoms with Crippen LogP contribution >= 0.6 is 0 Å². The Morgan fingerprint density at radius 1 is 1.20 bits per heavy atom. The fourth-order valence-corrected chi connectivity index (χ4v) is 4.27. The summed E-state index contributed by atoms with van der Waals surface area (Å²) in [4.78, 5) is 26.9. The number of aryl methyl sites for hydroxylation is 1. The molecule has 0 aliphatic carbocycles. The average molecular weight is 340 g/mol. The van der Waals surface area contributed by atoms with Gasteiger partial charge in [0.15, 0.2) is 0 Å². The molecule has 2 aliphatic rings. The molecule has 6 nitrogen and oxygen atoms in total. The summed E-state index contributed by atoms with van der Waals surface area (Å²) in [5.41, 5.74) is 4.33. The van der Waals surface area contributed by atoms with E-state index in [0.717, 1.165) is 35.6 Å². The van der Waals surface area contributed by atoms with Crippen LogP contribution in [0.25, 0.3) is 0 Å². The van der Waals surface area contributed by atoms with Gasteiger partial charge in [-0.1, -0.05) is 6.07 Å². The fourth-order valence-electron chi connectivity index (χ4n) is 4.27. The van der Waals surface area contributed by atoms with Crippen molar-refractivity contribution >= 4 is 5.91 Å². The molecule has 2 atom stereocenters. The van der Waals surface area contributed by atoms with Crippen LogP contribution in [0.4, 0.5) is 0 Å². The molecule has 132 valence electrons. The van der Waals surface area contributed by atoms with E-state index in [4.69, 9.17) is 0 Å². The third-order valence-corrected chi connectivity index (χ3v) is 5.86. The number of fused-ring (bicyclic) bond motifs is 4. The van der Waals surface area contributed by atoms with Gasteiger partial charge in [-0.15, -0.1) is 0 Å². The predicted octanol–water partition coefficient (Wildman–Crippen LogP) is 1.62. The molecular formula is C19H24N4O2. The maximum Gasteiger partial charge on any atom is 0.250 e. The van der Waals surface area contributed by atoms with E-state index in [9.17, 15) is 9.59 Å². The van der Waals surface area contributed by atoms with E-state index in [0.29, 0.717) is 25.6 Å². The summed E-state index contributed by atoms with van der Waals surface area (Å²) in [6.07, 6.45) is 1.06. The molecule has 25 heavy (non-hydrogen) atoms. The Balaban J connectivity index is 1.55. The molecule has 6 heteroatoms. The van der Waals surface area contributed by atoms with Crippen molar-refractivity contribution < 1.29 is 4.79 Å². The van der Waals surface area contributed by atoms with Gasteiger partial charge in [0.05, 0.1) is 5.69 Å². The first kappa shape index (κ1) is 16.1. The number of rotatable bonds is 2. The minimum Gasteiger partial charge on any atom is -0.340 e. The summed E-state index contributed by atoms with van der Waals surface area (Å²) < 4.78 is 3.71. The van der Waals surface area contributed by atoms with Crippen LogP contribution in [0.1, 0.15) is 35.0 Å². The Morgan fingerprint density at radius 2 is 2.00 bits per heavy atom. The molecule has 0 spiro atoms. The second-order valence-electron chi connectivity index (χ2n) is 7.45. The zero-order chi connectivity index (χ0) is 17.7. The average Bonchev–Trinajstić information content (AvgIpc) is 2.83. The summed E-state index contributed by atoms with van der Waals surface area (Å²) in [5, 5.41) is 4.49. The third-order valence-electron chi connectivity index (χ3n) is 5.86. The maximum absolute atomic E-state index is 12.8. The highest BCUT2D eigenvalue weighted by molar-refractivity contribution is 5.76. The van der Waals surface area contributed by atoms with Gasteiger partial charge in [-0.05, 0) is 44.7 Å². The van der Waals surface area contributed by atoms with E-state index >= 15 is 0 Å². The molecule has 0 N–H and O–H groups in total. The molecule has 2 aromatic rings. The van der Waals surface area contributed by atoms with Gasteiger partial charge in [0.2, 0.25) is 5.91 Å². The standard InChI is InChI=1S/C19H24N4O2/c1-12-13(2)20-23(14(12)3)11-19(25)21-8-15-7-16(10-21)17-5-4-6-18(24)22(17)9-15/h4-6,15-16H,7-11H2,1-3H3/t15-,16+/m0/s1. The van der Waals surface area contributed by atoms with Gasteiger partial charge >= 0.3 is 0 Å². The molecule has 2 bridgehead atoms. The van der Waals surface area contributed by atoms with E-state index in [-0.39, 0.29) is 17.4 Å². The number of hydrogen-bond acceptors (Lipinski definition) is 3. The van der Waals surface area contributed by atoms with Gasteiger partial charge in [0.1, 0.15) is 6.54 Å². The van der Waals surface area contributed by atoms with Crippen LogP contribution in [0.15, 0.2) is 23.0 Å². The van der Waals surface area contributed by atoms with E-state index in [1.807, 2.05) is 47.1 Å². The zero-order valence-electron chi connectivity index (χ0n) is 15.0. The normalized spacial score (nSPS) is 22.0. The number of aromatic nitrogens is 3. The van der Waals surface area contributed by atoms with Crippen molar-refractivity contribution in [2.45, 2.75) is 46.2 Å². The summed E-state index contributed by atoms with van der Waals surface area (Å²) in [6, 6.07) is 5.48. The Labute approximate surface area is 147 Å². The highest BCUT2D eigenvalue weighted by Crippen LogP contribution is 2.35. The van der Waals surface area contributed by atoms with E-state index < -0.39 is 0 Å². The van der Waals surface area contributed by atoms with Gasteiger partial charge in [0.25, 0.3) is 5.56 Å². The zero-order valence-corrected chi connectivity index (χ0v) is 15.0. The quantitative estimate of drug-likeness (QED) is 0.835. The number of likely N-dealkylation sites (tertiary alicyclic amines) is 1. The first-order valence-corrected chi connectivity index (χ1v) is 8.92. The van der Waals surface area contributed by atoms with Crippen LogP contribution in [0.5, 0.6) is 0 Å². The van der Waals surface area contributed by atoms with Crippen LogP contribution in [-0.4, -0.2) is 38.2 Å². The minimum absolute atomic E-state index is 0.0742. The lowest BCUT2D eigenvalue weighted by Crippen LogP contribution is -2.49. The number of piperidine rings is 1. The van der Waals surface area contributed by atoms with Crippen LogP contribution in [0.2, 0.25) is 0 Å². The third kappa shape index (κ3) is 2.69. The summed E-state index contributed by atoms with van der Waals surface area (Å²) in [7, 11) is 0. The van der Waals surface area contributed by atoms with Gasteiger partial charge in [0, 0.05) is 43.0 Å². The lowest BCUT2D eigenvalue weighted by atomic mass is 9.83. The Bertz CT molecular complexity index is 895. The smallest absolute Gasteiger partial charge is 0.250 e. The Hall–Kier alpha value is -2.37. The van der Waals surface area contributed by atoms with E-state index in [2.05, 4.69) is 5.10 Å². The number of carbonyl (C=O) groups excluding carboxylic acids is 1. The van der Waals surface area contributed by atoms with Gasteiger partial charge in [-0.25, -0.2) is 0 Å². The molecule has 0 saturated carbocycles. The van der Waals surface area contributed by atoms with Crippen molar-refractivity contribution in [1.82, 2.24) is 19.2 Å². The highest BCUT2D eigenvalue weighted by atomic mass is 16.2. The molecule has 2 aromatic heterocycles. The number of nitrogens with zero attached hydrogens (tertiary/aromatic N) is 4. The molecule has 1 amide bonds. The number of amides is 1. The molecule has 1 fully saturated rings. The van der Waals surface area contributed by atoms with Crippen molar-refractivity contribution in [3.63, 3.8) is 0 Å². The molecule has 2 aliphatic heterocycles. The Morgan fingerprint density at radius 3 is 2.72 bits per heavy atom. The summed E-state index contributed by atoms with van der Waals surface area (Å²) in [6.45, 7) is 8.46. The van der Waals surface area contributed by atoms with E-state index in [1.54, 1.807) is 6.07 Å². The van der Waals surface area contributed by atoms with Crippen molar-refractivity contribution in [3.8, 4) is 0 Å². The summed E-state index contributed by atoms with van der Waals surface area (Å²) >= 11 is 0. The van der Waals surface area contributed by atoms with Crippen LogP contribution in [0, 0.1) is 26.7 Å². The highest BCUT2D eigenvalue weighted by Gasteiger charge is 2.36. The Kier molecular flexibility index (Phi) is 3.78. The predicted molar refractivity (Wildman–Crippen MR) is 94.6 cm³/mol. The number of hydrogen-bond donors (Lipinski definition) is 0. The van der Waals surface area contributed by atoms with Crippen molar-refractivity contribution in [3.05, 3.63) is 51.2 Å². The van der Waals surface area contributed by atoms with Crippen molar-refractivity contribution in [2.75, 3.05) is 13.1 Å². The number of pyridine rings is 1. The maximum atomic E-state index is 12.8. The first-order valence-electron chi connectivity index (χ1n) is 8.92.